The monoisotopic (exact) mass is 299 g/mol. The largest absolute Gasteiger partial charge is 0.481 e. The number of aromatic nitrogens is 2. The molecule has 0 aliphatic heterocycles. The predicted octanol–water partition coefficient (Wildman–Crippen LogP) is 1.60. The Bertz CT molecular complexity index is 681. The van der Waals surface area contributed by atoms with Crippen LogP contribution < -0.4 is 5.32 Å². The van der Waals surface area contributed by atoms with Crippen LogP contribution in [0, 0.1) is 11.8 Å². The van der Waals surface area contributed by atoms with Crippen LogP contribution in [0.2, 0.25) is 0 Å². The van der Waals surface area contributed by atoms with E-state index in [2.05, 4.69) is 10.4 Å². The number of rotatable bonds is 5. The van der Waals surface area contributed by atoms with Gasteiger partial charge < -0.3 is 10.4 Å². The molecular weight excluding hydrogens is 282 g/mol. The van der Waals surface area contributed by atoms with Gasteiger partial charge in [-0.15, -0.1) is 0 Å². The second kappa shape index (κ2) is 6.01. The number of para-hydroxylation sites is 1. The highest BCUT2D eigenvalue weighted by Gasteiger charge is 2.41. The number of nitrogens with zero attached hydrogens (tertiary/aromatic N) is 2. The molecule has 3 rings (SSSR count). The van der Waals surface area contributed by atoms with Gasteiger partial charge in [-0.2, -0.15) is 5.10 Å². The summed E-state index contributed by atoms with van der Waals surface area (Å²) in [6.07, 6.45) is 4.78. The third-order valence-electron chi connectivity index (χ3n) is 4.05. The summed E-state index contributed by atoms with van der Waals surface area (Å²) in [5.41, 5.74) is 1.83. The minimum atomic E-state index is -0.886. The Morgan fingerprint density at radius 2 is 1.95 bits per heavy atom. The molecule has 1 aromatic carbocycles. The third-order valence-corrected chi connectivity index (χ3v) is 4.05. The molecule has 2 unspecified atom stereocenters. The van der Waals surface area contributed by atoms with E-state index >= 15 is 0 Å². The van der Waals surface area contributed by atoms with Crippen molar-refractivity contribution in [2.75, 3.05) is 0 Å². The molecule has 1 heterocycles. The maximum absolute atomic E-state index is 12.0. The first-order valence-corrected chi connectivity index (χ1v) is 7.24. The van der Waals surface area contributed by atoms with Gasteiger partial charge in [0.05, 0.1) is 23.7 Å². The number of benzene rings is 1. The van der Waals surface area contributed by atoms with Crippen LogP contribution in [0.25, 0.3) is 5.69 Å². The van der Waals surface area contributed by atoms with Crippen LogP contribution in [0.3, 0.4) is 0 Å². The van der Waals surface area contributed by atoms with Gasteiger partial charge in [0, 0.05) is 18.3 Å². The molecule has 6 nitrogen and oxygen atoms in total. The summed E-state index contributed by atoms with van der Waals surface area (Å²) < 4.78 is 1.74. The number of carboxylic acid groups (broad SMARTS) is 1. The standard InChI is InChI=1S/C16H17N3O3/c20-15(13-6-7-14(13)16(21)22)17-8-11-9-18-19(10-11)12-4-2-1-3-5-12/h1-5,9-10,13-14H,6-8H2,(H,17,20)(H,21,22). The summed E-state index contributed by atoms with van der Waals surface area (Å²) >= 11 is 0. The molecule has 22 heavy (non-hydrogen) atoms. The topological polar surface area (TPSA) is 84.2 Å². The second-order valence-corrected chi connectivity index (χ2v) is 5.48. The molecule has 1 fully saturated rings. The van der Waals surface area contributed by atoms with Crippen LogP contribution in [0.15, 0.2) is 42.7 Å². The van der Waals surface area contributed by atoms with Gasteiger partial charge in [-0.25, -0.2) is 4.68 Å². The number of hydrogen-bond acceptors (Lipinski definition) is 3. The van der Waals surface area contributed by atoms with Gasteiger partial charge in [-0.1, -0.05) is 18.2 Å². The van der Waals surface area contributed by atoms with Gasteiger partial charge in [0.2, 0.25) is 5.91 Å². The lowest BCUT2D eigenvalue weighted by molar-refractivity contribution is -0.152. The molecule has 0 radical (unpaired) electrons. The Labute approximate surface area is 127 Å². The first-order valence-electron chi connectivity index (χ1n) is 7.24. The molecule has 114 valence electrons. The van der Waals surface area contributed by atoms with Crippen molar-refractivity contribution in [1.29, 1.82) is 0 Å². The molecular formula is C16H17N3O3. The van der Waals surface area contributed by atoms with Crippen molar-refractivity contribution in [3.05, 3.63) is 48.3 Å². The summed E-state index contributed by atoms with van der Waals surface area (Å²) in [5.74, 6) is -2.01. The van der Waals surface area contributed by atoms with Gasteiger partial charge in [0.25, 0.3) is 0 Å². The number of nitrogens with one attached hydrogen (secondary N) is 1. The van der Waals surface area contributed by atoms with Crippen molar-refractivity contribution in [2.45, 2.75) is 19.4 Å². The van der Waals surface area contributed by atoms with E-state index in [-0.39, 0.29) is 5.91 Å². The highest BCUT2D eigenvalue weighted by atomic mass is 16.4. The highest BCUT2D eigenvalue weighted by molar-refractivity contribution is 5.86. The lowest BCUT2D eigenvalue weighted by atomic mass is 9.73. The van der Waals surface area contributed by atoms with Gasteiger partial charge in [0.1, 0.15) is 0 Å². The zero-order valence-corrected chi connectivity index (χ0v) is 12.0. The SMILES string of the molecule is O=C(O)C1CCC1C(=O)NCc1cnn(-c2ccccc2)c1. The number of carboxylic acids is 1. The summed E-state index contributed by atoms with van der Waals surface area (Å²) in [7, 11) is 0. The Balaban J connectivity index is 1.57. The maximum atomic E-state index is 12.0. The van der Waals surface area contributed by atoms with E-state index in [1.165, 1.54) is 0 Å². The molecule has 2 N–H and O–H groups in total. The first-order chi connectivity index (χ1) is 10.6. The van der Waals surface area contributed by atoms with E-state index in [0.717, 1.165) is 11.3 Å². The van der Waals surface area contributed by atoms with Crippen LogP contribution in [0.1, 0.15) is 18.4 Å². The molecule has 1 saturated carbocycles. The van der Waals surface area contributed by atoms with E-state index in [4.69, 9.17) is 5.11 Å². The molecule has 1 amide bonds. The number of carbonyl (C=O) groups excluding carboxylic acids is 1. The Hall–Kier alpha value is -2.63. The molecule has 2 aromatic rings. The fourth-order valence-electron chi connectivity index (χ4n) is 2.60. The van der Waals surface area contributed by atoms with Gasteiger partial charge in [0.15, 0.2) is 0 Å². The van der Waals surface area contributed by atoms with E-state index < -0.39 is 17.8 Å². The average molecular weight is 299 g/mol. The maximum Gasteiger partial charge on any atom is 0.307 e. The summed E-state index contributed by atoms with van der Waals surface area (Å²) in [4.78, 5) is 22.9. The number of aliphatic carboxylic acids is 1. The minimum absolute atomic E-state index is 0.189. The van der Waals surface area contributed by atoms with E-state index in [1.54, 1.807) is 10.9 Å². The third kappa shape index (κ3) is 2.86. The summed E-state index contributed by atoms with van der Waals surface area (Å²) in [6.45, 7) is 0.356. The fraction of sp³-hybridized carbons (Fsp3) is 0.312. The lowest BCUT2D eigenvalue weighted by Gasteiger charge is -2.31. The molecule has 6 heteroatoms. The van der Waals surface area contributed by atoms with Crippen LogP contribution >= 0.6 is 0 Å². The normalized spacial score (nSPS) is 20.2. The predicted molar refractivity (Wildman–Crippen MR) is 79.3 cm³/mol. The van der Waals surface area contributed by atoms with E-state index in [9.17, 15) is 9.59 Å². The molecule has 1 aromatic heterocycles. The number of carbonyl (C=O) groups is 2. The van der Waals surface area contributed by atoms with Crippen molar-refractivity contribution in [3.63, 3.8) is 0 Å². The van der Waals surface area contributed by atoms with E-state index in [1.807, 2.05) is 36.5 Å². The van der Waals surface area contributed by atoms with Crippen molar-refractivity contribution >= 4 is 11.9 Å². The van der Waals surface area contributed by atoms with Crippen LogP contribution in [-0.4, -0.2) is 26.8 Å². The second-order valence-electron chi connectivity index (χ2n) is 5.48. The van der Waals surface area contributed by atoms with Crippen molar-refractivity contribution in [1.82, 2.24) is 15.1 Å². The zero-order valence-electron chi connectivity index (χ0n) is 12.0. The molecule has 2 atom stereocenters. The molecule has 0 saturated heterocycles. The minimum Gasteiger partial charge on any atom is -0.481 e. The molecule has 0 bridgehead atoms. The zero-order chi connectivity index (χ0) is 15.5. The Morgan fingerprint density at radius 1 is 1.23 bits per heavy atom. The van der Waals surface area contributed by atoms with Gasteiger partial charge in [-0.05, 0) is 25.0 Å². The van der Waals surface area contributed by atoms with Crippen molar-refractivity contribution in [3.8, 4) is 5.69 Å². The van der Waals surface area contributed by atoms with Crippen molar-refractivity contribution in [2.24, 2.45) is 11.8 Å². The summed E-state index contributed by atoms with van der Waals surface area (Å²) in [5, 5.41) is 16.0. The Kier molecular flexibility index (Phi) is 3.91. The van der Waals surface area contributed by atoms with Crippen LogP contribution in [0.5, 0.6) is 0 Å². The van der Waals surface area contributed by atoms with Crippen LogP contribution in [-0.2, 0) is 16.1 Å². The van der Waals surface area contributed by atoms with Crippen molar-refractivity contribution < 1.29 is 14.7 Å². The summed E-state index contributed by atoms with van der Waals surface area (Å²) in [6, 6.07) is 9.69. The molecule has 0 spiro atoms. The number of hydrogen-bond donors (Lipinski definition) is 2. The highest BCUT2D eigenvalue weighted by Crippen LogP contribution is 2.34. The van der Waals surface area contributed by atoms with E-state index in [0.29, 0.717) is 19.4 Å². The van der Waals surface area contributed by atoms with Gasteiger partial charge >= 0.3 is 5.97 Å². The number of amides is 1. The molecule has 1 aliphatic rings. The fourth-order valence-corrected chi connectivity index (χ4v) is 2.60. The molecule has 1 aliphatic carbocycles. The van der Waals surface area contributed by atoms with Gasteiger partial charge in [-0.3, -0.25) is 9.59 Å². The quantitative estimate of drug-likeness (QED) is 0.878. The lowest BCUT2D eigenvalue weighted by Crippen LogP contribution is -2.43. The average Bonchev–Trinajstić information content (AvgIpc) is 2.93. The first kappa shape index (κ1) is 14.3. The van der Waals surface area contributed by atoms with Crippen LogP contribution in [0.4, 0.5) is 0 Å². The smallest absolute Gasteiger partial charge is 0.307 e. The Morgan fingerprint density at radius 3 is 2.59 bits per heavy atom.